The minimum atomic E-state index is -3.37. The third-order valence-corrected chi connectivity index (χ3v) is 4.71. The monoisotopic (exact) mass is 315 g/mol. The van der Waals surface area contributed by atoms with Crippen LogP contribution < -0.4 is 14.2 Å². The van der Waals surface area contributed by atoms with Crippen molar-refractivity contribution in [1.82, 2.24) is 4.72 Å². The lowest BCUT2D eigenvalue weighted by atomic mass is 10.1. The molecular formula is C14H21NO5S. The standard InChI is InChI=1S/C14H21NO5S/c1-10(2)9-21(17,18)15-8-12(16)11-3-4-13-14(7-11)20-6-5-19-13/h3-4,7,10,12,15-16H,5-6,8-9H2,1-2H3/t12-/m0/s1. The van der Waals surface area contributed by atoms with Crippen LogP contribution >= 0.6 is 0 Å². The first kappa shape index (κ1) is 16.1. The smallest absolute Gasteiger partial charge is 0.211 e. The van der Waals surface area contributed by atoms with Gasteiger partial charge in [-0.05, 0) is 23.6 Å². The number of hydrogen-bond acceptors (Lipinski definition) is 5. The lowest BCUT2D eigenvalue weighted by molar-refractivity contribution is 0.165. The van der Waals surface area contributed by atoms with Gasteiger partial charge in [-0.3, -0.25) is 0 Å². The number of ether oxygens (including phenoxy) is 2. The van der Waals surface area contributed by atoms with Gasteiger partial charge in [0.05, 0.1) is 11.9 Å². The highest BCUT2D eigenvalue weighted by atomic mass is 32.2. The van der Waals surface area contributed by atoms with E-state index in [0.717, 1.165) is 0 Å². The fourth-order valence-corrected chi connectivity index (χ4v) is 3.50. The maximum absolute atomic E-state index is 11.7. The number of nitrogens with one attached hydrogen (secondary N) is 1. The van der Waals surface area contributed by atoms with Gasteiger partial charge in [-0.15, -0.1) is 0 Å². The SMILES string of the molecule is CC(C)CS(=O)(=O)NC[C@H](O)c1ccc2c(c1)OCCO2. The number of sulfonamides is 1. The highest BCUT2D eigenvalue weighted by molar-refractivity contribution is 7.89. The molecular weight excluding hydrogens is 294 g/mol. The van der Waals surface area contributed by atoms with Crippen molar-refractivity contribution in [2.75, 3.05) is 25.5 Å². The van der Waals surface area contributed by atoms with Crippen LogP contribution in [0.25, 0.3) is 0 Å². The molecule has 2 rings (SSSR count). The second-order valence-electron chi connectivity index (χ2n) is 5.44. The highest BCUT2D eigenvalue weighted by Crippen LogP contribution is 2.32. The van der Waals surface area contributed by atoms with Crippen LogP contribution in [0.2, 0.25) is 0 Å². The summed E-state index contributed by atoms with van der Waals surface area (Å²) in [5.74, 6) is 1.29. The average Bonchev–Trinajstić information content (AvgIpc) is 2.43. The van der Waals surface area contributed by atoms with Crippen LogP contribution in [0.15, 0.2) is 18.2 Å². The zero-order valence-corrected chi connectivity index (χ0v) is 13.0. The fraction of sp³-hybridized carbons (Fsp3) is 0.571. The van der Waals surface area contributed by atoms with Gasteiger partial charge in [0.2, 0.25) is 10.0 Å². The van der Waals surface area contributed by atoms with E-state index in [-0.39, 0.29) is 18.2 Å². The minimum absolute atomic E-state index is 0.0361. The fourth-order valence-electron chi connectivity index (χ4n) is 2.09. The van der Waals surface area contributed by atoms with Crippen molar-refractivity contribution in [3.05, 3.63) is 23.8 Å². The second-order valence-corrected chi connectivity index (χ2v) is 7.29. The van der Waals surface area contributed by atoms with Gasteiger partial charge in [0.15, 0.2) is 11.5 Å². The summed E-state index contributed by atoms with van der Waals surface area (Å²) in [6.07, 6.45) is -0.928. The molecule has 0 bridgehead atoms. The molecule has 1 aromatic carbocycles. The summed E-state index contributed by atoms with van der Waals surface area (Å²) < 4.78 is 36.7. The van der Waals surface area contributed by atoms with E-state index in [2.05, 4.69) is 4.72 Å². The van der Waals surface area contributed by atoms with E-state index < -0.39 is 16.1 Å². The Bertz CT molecular complexity index is 585. The van der Waals surface area contributed by atoms with Crippen molar-refractivity contribution in [2.24, 2.45) is 5.92 Å². The Hall–Kier alpha value is -1.31. The molecule has 0 unspecified atom stereocenters. The van der Waals surface area contributed by atoms with Gasteiger partial charge >= 0.3 is 0 Å². The maximum Gasteiger partial charge on any atom is 0.211 e. The number of fused-ring (bicyclic) bond motifs is 1. The topological polar surface area (TPSA) is 84.9 Å². The number of aliphatic hydroxyl groups excluding tert-OH is 1. The van der Waals surface area contributed by atoms with Crippen LogP contribution in [0.5, 0.6) is 11.5 Å². The molecule has 2 N–H and O–H groups in total. The largest absolute Gasteiger partial charge is 0.486 e. The molecule has 1 aliphatic heterocycles. The lowest BCUT2D eigenvalue weighted by Crippen LogP contribution is -2.32. The first-order chi connectivity index (χ1) is 9.87. The molecule has 118 valence electrons. The van der Waals surface area contributed by atoms with Gasteiger partial charge in [-0.25, -0.2) is 13.1 Å². The highest BCUT2D eigenvalue weighted by Gasteiger charge is 2.18. The van der Waals surface area contributed by atoms with Crippen molar-refractivity contribution in [2.45, 2.75) is 20.0 Å². The molecule has 0 saturated heterocycles. The summed E-state index contributed by atoms with van der Waals surface area (Å²) in [6, 6.07) is 5.10. The van der Waals surface area contributed by atoms with Gasteiger partial charge in [0.25, 0.3) is 0 Å². The molecule has 1 atom stereocenters. The molecule has 0 spiro atoms. The first-order valence-electron chi connectivity index (χ1n) is 6.92. The Morgan fingerprint density at radius 3 is 2.57 bits per heavy atom. The average molecular weight is 315 g/mol. The maximum atomic E-state index is 11.7. The van der Waals surface area contributed by atoms with Gasteiger partial charge in [0, 0.05) is 6.54 Å². The zero-order valence-electron chi connectivity index (χ0n) is 12.2. The molecule has 0 fully saturated rings. The minimum Gasteiger partial charge on any atom is -0.486 e. The molecule has 0 amide bonds. The van der Waals surface area contributed by atoms with E-state index in [4.69, 9.17) is 9.47 Å². The van der Waals surface area contributed by atoms with E-state index >= 15 is 0 Å². The van der Waals surface area contributed by atoms with Crippen molar-refractivity contribution >= 4 is 10.0 Å². The van der Waals surface area contributed by atoms with Crippen LogP contribution in [0.3, 0.4) is 0 Å². The summed E-state index contributed by atoms with van der Waals surface area (Å²) in [4.78, 5) is 0. The zero-order chi connectivity index (χ0) is 15.5. The second kappa shape index (κ2) is 6.64. The quantitative estimate of drug-likeness (QED) is 0.820. The van der Waals surface area contributed by atoms with Crippen LogP contribution in [0, 0.1) is 5.92 Å². The van der Waals surface area contributed by atoms with Crippen molar-refractivity contribution < 1.29 is 23.0 Å². The molecule has 1 heterocycles. The van der Waals surface area contributed by atoms with Gasteiger partial charge in [-0.1, -0.05) is 19.9 Å². The predicted molar refractivity (Wildman–Crippen MR) is 79.0 cm³/mol. The van der Waals surface area contributed by atoms with E-state index in [1.54, 1.807) is 18.2 Å². The van der Waals surface area contributed by atoms with Crippen LogP contribution in [0.1, 0.15) is 25.5 Å². The van der Waals surface area contributed by atoms with E-state index in [0.29, 0.717) is 30.3 Å². The number of rotatable bonds is 6. The summed E-state index contributed by atoms with van der Waals surface area (Å²) in [7, 11) is -3.37. The van der Waals surface area contributed by atoms with Crippen molar-refractivity contribution in [3.8, 4) is 11.5 Å². The van der Waals surface area contributed by atoms with Crippen LogP contribution in [-0.4, -0.2) is 39.0 Å². The third kappa shape index (κ3) is 4.59. The Kier molecular flexibility index (Phi) is 5.08. The molecule has 0 aliphatic carbocycles. The van der Waals surface area contributed by atoms with Gasteiger partial charge in [0.1, 0.15) is 13.2 Å². The molecule has 6 nitrogen and oxygen atoms in total. The molecule has 1 aliphatic rings. The van der Waals surface area contributed by atoms with Crippen molar-refractivity contribution in [3.63, 3.8) is 0 Å². The summed E-state index contributed by atoms with van der Waals surface area (Å²) >= 11 is 0. The Balaban J connectivity index is 1.99. The molecule has 0 aromatic heterocycles. The van der Waals surface area contributed by atoms with E-state index in [1.807, 2.05) is 13.8 Å². The van der Waals surface area contributed by atoms with E-state index in [1.165, 1.54) is 0 Å². The van der Waals surface area contributed by atoms with Crippen LogP contribution in [0.4, 0.5) is 0 Å². The predicted octanol–water partition coefficient (Wildman–Crippen LogP) is 1.07. The summed E-state index contributed by atoms with van der Waals surface area (Å²) in [5, 5.41) is 10.1. The normalized spacial score (nSPS) is 16.0. The lowest BCUT2D eigenvalue weighted by Gasteiger charge is -2.20. The summed E-state index contributed by atoms with van der Waals surface area (Å²) in [5.41, 5.74) is 0.589. The number of aliphatic hydroxyl groups is 1. The van der Waals surface area contributed by atoms with E-state index in [9.17, 15) is 13.5 Å². The Morgan fingerprint density at radius 2 is 1.90 bits per heavy atom. The molecule has 0 saturated carbocycles. The summed E-state index contributed by atoms with van der Waals surface area (Å²) in [6.45, 7) is 4.57. The van der Waals surface area contributed by atoms with Crippen molar-refractivity contribution in [1.29, 1.82) is 0 Å². The molecule has 1 aromatic rings. The molecule has 0 radical (unpaired) electrons. The Morgan fingerprint density at radius 1 is 1.24 bits per heavy atom. The molecule has 7 heteroatoms. The number of hydrogen-bond donors (Lipinski definition) is 2. The molecule has 21 heavy (non-hydrogen) atoms. The number of benzene rings is 1. The third-order valence-electron chi connectivity index (χ3n) is 3.00. The Labute approximate surface area is 125 Å². The van der Waals surface area contributed by atoms with Crippen LogP contribution in [-0.2, 0) is 10.0 Å². The van der Waals surface area contributed by atoms with Gasteiger partial charge in [-0.2, -0.15) is 0 Å². The van der Waals surface area contributed by atoms with Gasteiger partial charge < -0.3 is 14.6 Å². The first-order valence-corrected chi connectivity index (χ1v) is 8.57.